The second kappa shape index (κ2) is 5.35. The first kappa shape index (κ1) is 15.7. The van der Waals surface area contributed by atoms with Crippen molar-refractivity contribution in [3.63, 3.8) is 0 Å². The minimum absolute atomic E-state index is 0. The summed E-state index contributed by atoms with van der Waals surface area (Å²) in [6.45, 7) is 6.31. The lowest BCUT2D eigenvalue weighted by Gasteiger charge is -2.31. The Bertz CT molecular complexity index is 546. The van der Waals surface area contributed by atoms with Crippen molar-refractivity contribution in [2.75, 3.05) is 0 Å². The molecule has 5 heteroatoms. The van der Waals surface area contributed by atoms with Crippen LogP contribution in [0.4, 0.5) is 4.39 Å². The van der Waals surface area contributed by atoms with Crippen LogP contribution < -0.4 is 5.46 Å². The molecule has 1 aromatic carbocycles. The van der Waals surface area contributed by atoms with E-state index < -0.39 is 11.2 Å². The fraction of sp³-hybridized carbons (Fsp3) is 0.429. The first-order chi connectivity index (χ1) is 8.54. The molecule has 2 aromatic rings. The van der Waals surface area contributed by atoms with Gasteiger partial charge in [0.25, 0.3) is 0 Å². The normalized spacial score (nSPS) is 12.2. The predicted molar refractivity (Wildman–Crippen MR) is 78.4 cm³/mol. The summed E-state index contributed by atoms with van der Waals surface area (Å²) in [7, 11) is 5.47. The summed E-state index contributed by atoms with van der Waals surface area (Å²) in [6.07, 6.45) is 1.74. The lowest BCUT2D eigenvalue weighted by atomic mass is 9.90. The number of halogens is 1. The molecule has 0 unspecified atom stereocenters. The summed E-state index contributed by atoms with van der Waals surface area (Å²) in [5.41, 5.74) is -0.937. The Labute approximate surface area is 115 Å². The summed E-state index contributed by atoms with van der Waals surface area (Å²) >= 11 is 0. The lowest BCUT2D eigenvalue weighted by Crippen LogP contribution is -2.44. The van der Waals surface area contributed by atoms with Crippen LogP contribution >= 0.6 is 0 Å². The van der Waals surface area contributed by atoms with Crippen LogP contribution in [0.1, 0.15) is 29.1 Å². The van der Waals surface area contributed by atoms with Gasteiger partial charge in [-0.15, -0.1) is 0 Å². The summed E-state index contributed by atoms with van der Waals surface area (Å²) in [5.74, 6) is -0.364. The second-order valence-corrected chi connectivity index (χ2v) is 5.52. The van der Waals surface area contributed by atoms with E-state index >= 15 is 0 Å². The highest BCUT2D eigenvalue weighted by Crippen LogP contribution is 2.19. The van der Waals surface area contributed by atoms with E-state index in [2.05, 4.69) is 4.98 Å². The van der Waals surface area contributed by atoms with Gasteiger partial charge in [-0.25, -0.2) is 4.39 Å². The highest BCUT2D eigenvalue weighted by atomic mass is 19.1. The Morgan fingerprint density at radius 3 is 2.11 bits per heavy atom. The fourth-order valence-electron chi connectivity index (χ4n) is 1.13. The fourth-order valence-corrected chi connectivity index (χ4v) is 1.13. The van der Waals surface area contributed by atoms with E-state index in [1.54, 1.807) is 46.0 Å². The maximum absolute atomic E-state index is 12.8. The molecule has 0 amide bonds. The number of hydrogen-bond donors (Lipinski definition) is 3. The van der Waals surface area contributed by atoms with Crippen LogP contribution in [0.15, 0.2) is 24.4 Å². The number of aliphatic hydroxyl groups is 2. The highest BCUT2D eigenvalue weighted by molar-refractivity contribution is 6.38. The van der Waals surface area contributed by atoms with E-state index in [1.165, 1.54) is 6.07 Å². The van der Waals surface area contributed by atoms with Crippen molar-refractivity contribution in [3.05, 3.63) is 30.2 Å². The van der Waals surface area contributed by atoms with E-state index in [0.29, 0.717) is 0 Å². The van der Waals surface area contributed by atoms with Gasteiger partial charge < -0.3 is 15.2 Å². The summed E-state index contributed by atoms with van der Waals surface area (Å²) in [5, 5.41) is 18.9. The molecule has 0 saturated heterocycles. The zero-order valence-corrected chi connectivity index (χ0v) is 11.7. The van der Waals surface area contributed by atoms with E-state index in [1.807, 2.05) is 0 Å². The smallest absolute Gasteiger partial charge is 0.118 e. The average Bonchev–Trinajstić information content (AvgIpc) is 2.70. The molecule has 19 heavy (non-hydrogen) atoms. The van der Waals surface area contributed by atoms with Gasteiger partial charge in [0.15, 0.2) is 0 Å². The molecule has 0 fully saturated rings. The number of benzene rings is 1. The summed E-state index contributed by atoms with van der Waals surface area (Å²) < 4.78 is 12.8. The largest absolute Gasteiger partial charge is 0.387 e. The first-order valence-corrected chi connectivity index (χ1v) is 6.00. The molecule has 2 rings (SSSR count). The third-order valence-electron chi connectivity index (χ3n) is 3.22. The predicted octanol–water partition coefficient (Wildman–Crippen LogP) is 1.88. The Kier molecular flexibility index (Phi) is 4.43. The molecule has 0 aliphatic heterocycles. The lowest BCUT2D eigenvalue weighted by molar-refractivity contribution is -0.107. The van der Waals surface area contributed by atoms with Crippen molar-refractivity contribution in [2.24, 2.45) is 0 Å². The van der Waals surface area contributed by atoms with Crippen LogP contribution in [0.25, 0.3) is 10.9 Å². The summed E-state index contributed by atoms with van der Waals surface area (Å²) in [4.78, 5) is 2.94. The molecule has 0 bridgehead atoms. The average molecular weight is 265 g/mol. The maximum atomic E-state index is 12.8. The van der Waals surface area contributed by atoms with E-state index in [0.717, 1.165) is 10.9 Å². The molecule has 1 heterocycles. The van der Waals surface area contributed by atoms with Gasteiger partial charge in [-0.2, -0.15) is 0 Å². The van der Waals surface area contributed by atoms with Crippen molar-refractivity contribution >= 4 is 24.2 Å². The van der Waals surface area contributed by atoms with Gasteiger partial charge in [-0.3, -0.25) is 0 Å². The standard InChI is InChI=1S/C8H5BFN.C6H14O2.H2/c9-8-5-3-4-11-7(5)2-1-6(8)10;1-5(2,7)6(3,4)8;/h1-4,11H;7-8H,1-4H3;1H. The third kappa shape index (κ3) is 3.82. The first-order valence-electron chi connectivity index (χ1n) is 6.00. The van der Waals surface area contributed by atoms with Crippen LogP contribution in [0, 0.1) is 5.82 Å². The molecule has 0 aliphatic carbocycles. The number of nitrogens with one attached hydrogen (secondary N) is 1. The molecule has 0 atom stereocenters. The topological polar surface area (TPSA) is 56.2 Å². The number of fused-ring (bicyclic) bond motifs is 1. The van der Waals surface area contributed by atoms with Crippen molar-refractivity contribution in [2.45, 2.75) is 38.9 Å². The SMILES string of the molecule is CC(C)(O)C(C)(C)O.[B]c1c(F)ccc2[nH]ccc12.[HH]. The minimum Gasteiger partial charge on any atom is -0.387 e. The minimum atomic E-state index is -1.01. The zero-order chi connectivity index (χ0) is 14.8. The Morgan fingerprint density at radius 2 is 1.63 bits per heavy atom. The van der Waals surface area contributed by atoms with Gasteiger partial charge >= 0.3 is 0 Å². The number of hydrogen-bond acceptors (Lipinski definition) is 2. The third-order valence-corrected chi connectivity index (χ3v) is 3.22. The number of aromatic amines is 1. The van der Waals surface area contributed by atoms with Gasteiger partial charge in [-0.1, -0.05) is 5.46 Å². The molecule has 2 radical (unpaired) electrons. The van der Waals surface area contributed by atoms with Crippen LogP contribution in [0.5, 0.6) is 0 Å². The number of H-pyrrole nitrogens is 1. The quantitative estimate of drug-likeness (QED) is 0.689. The Morgan fingerprint density at radius 1 is 1.11 bits per heavy atom. The molecule has 104 valence electrons. The molecule has 0 saturated carbocycles. The van der Waals surface area contributed by atoms with Crippen molar-refractivity contribution in [3.8, 4) is 0 Å². The van der Waals surface area contributed by atoms with Crippen molar-refractivity contribution in [1.29, 1.82) is 0 Å². The molecule has 1 aromatic heterocycles. The molecule has 3 N–H and O–H groups in total. The van der Waals surface area contributed by atoms with Gasteiger partial charge in [0.05, 0.1) is 11.2 Å². The van der Waals surface area contributed by atoms with Crippen LogP contribution in [0.2, 0.25) is 0 Å². The molecule has 0 spiro atoms. The number of aromatic nitrogens is 1. The maximum Gasteiger partial charge on any atom is 0.118 e. The molecular weight excluding hydrogens is 244 g/mol. The van der Waals surface area contributed by atoms with Crippen LogP contribution in [-0.4, -0.2) is 34.2 Å². The Balaban J connectivity index is 0.000000364. The van der Waals surface area contributed by atoms with E-state index in [9.17, 15) is 4.39 Å². The van der Waals surface area contributed by atoms with Crippen LogP contribution in [0.3, 0.4) is 0 Å². The van der Waals surface area contributed by atoms with Gasteiger partial charge in [0.1, 0.15) is 13.7 Å². The van der Waals surface area contributed by atoms with E-state index in [-0.39, 0.29) is 12.7 Å². The Hall–Kier alpha value is -1.33. The van der Waals surface area contributed by atoms with Crippen molar-refractivity contribution in [1.82, 2.24) is 4.98 Å². The summed E-state index contributed by atoms with van der Waals surface area (Å²) in [6, 6.07) is 4.78. The van der Waals surface area contributed by atoms with E-state index in [4.69, 9.17) is 18.1 Å². The number of rotatable bonds is 1. The van der Waals surface area contributed by atoms with Gasteiger partial charge in [0, 0.05) is 13.1 Å². The van der Waals surface area contributed by atoms with Crippen LogP contribution in [-0.2, 0) is 0 Å². The highest BCUT2D eigenvalue weighted by Gasteiger charge is 2.31. The molecule has 0 aliphatic rings. The molecular formula is C14H21BFNO2. The zero-order valence-electron chi connectivity index (χ0n) is 11.7. The van der Waals surface area contributed by atoms with Gasteiger partial charge in [-0.05, 0) is 51.3 Å². The van der Waals surface area contributed by atoms with Crippen molar-refractivity contribution < 1.29 is 16.0 Å². The second-order valence-electron chi connectivity index (χ2n) is 5.52. The monoisotopic (exact) mass is 265 g/mol. The molecule has 3 nitrogen and oxygen atoms in total. The van der Waals surface area contributed by atoms with Gasteiger partial charge in [0.2, 0.25) is 0 Å².